The van der Waals surface area contributed by atoms with E-state index in [2.05, 4.69) is 15.8 Å². The summed E-state index contributed by atoms with van der Waals surface area (Å²) >= 11 is 0. The van der Waals surface area contributed by atoms with Crippen LogP contribution in [0.15, 0.2) is 34.9 Å². The number of aromatic nitrogens is 1. The number of fused-ring (bicyclic) bond motifs is 1. The molecule has 1 aromatic heterocycles. The van der Waals surface area contributed by atoms with Crippen LogP contribution in [0.3, 0.4) is 0 Å². The molecule has 0 fully saturated rings. The average Bonchev–Trinajstić information content (AvgIpc) is 3.19. The second-order valence-corrected chi connectivity index (χ2v) is 7.26. The largest absolute Gasteiger partial charge is 0.360 e. The average molecular weight is 398 g/mol. The summed E-state index contributed by atoms with van der Waals surface area (Å²) in [5, 5.41) is 8.64. The van der Waals surface area contributed by atoms with Crippen molar-refractivity contribution in [3.8, 4) is 0 Å². The number of amides is 4. The fraction of sp³-hybridized carbons (Fsp3) is 0.350. The molecule has 1 atom stereocenters. The van der Waals surface area contributed by atoms with E-state index in [0.29, 0.717) is 5.76 Å². The molecule has 1 aliphatic rings. The van der Waals surface area contributed by atoms with Gasteiger partial charge in [-0.2, -0.15) is 0 Å². The lowest BCUT2D eigenvalue weighted by Crippen LogP contribution is -2.51. The summed E-state index contributed by atoms with van der Waals surface area (Å²) in [7, 11) is 0. The topological polar surface area (TPSA) is 122 Å². The van der Waals surface area contributed by atoms with Crippen molar-refractivity contribution in [1.82, 2.24) is 15.4 Å². The van der Waals surface area contributed by atoms with E-state index in [9.17, 15) is 19.2 Å². The second-order valence-electron chi connectivity index (χ2n) is 7.26. The van der Waals surface area contributed by atoms with Crippen LogP contribution in [0.5, 0.6) is 0 Å². The van der Waals surface area contributed by atoms with Crippen LogP contribution in [0.4, 0.5) is 5.82 Å². The highest BCUT2D eigenvalue weighted by Crippen LogP contribution is 2.27. The molecule has 1 unspecified atom stereocenters. The molecule has 0 saturated heterocycles. The van der Waals surface area contributed by atoms with Gasteiger partial charge in [0.1, 0.15) is 11.8 Å². The van der Waals surface area contributed by atoms with E-state index in [-0.39, 0.29) is 35.8 Å². The molecule has 29 heavy (non-hydrogen) atoms. The Morgan fingerprint density at radius 2 is 1.76 bits per heavy atom. The smallest absolute Gasteiger partial charge is 0.262 e. The van der Waals surface area contributed by atoms with E-state index in [1.54, 1.807) is 37.3 Å². The van der Waals surface area contributed by atoms with Gasteiger partial charge in [-0.15, -0.1) is 0 Å². The van der Waals surface area contributed by atoms with Gasteiger partial charge in [0, 0.05) is 6.07 Å². The van der Waals surface area contributed by atoms with Crippen molar-refractivity contribution in [1.29, 1.82) is 0 Å². The van der Waals surface area contributed by atoms with Crippen LogP contribution in [0.25, 0.3) is 0 Å². The number of imide groups is 1. The van der Waals surface area contributed by atoms with Crippen molar-refractivity contribution in [2.75, 3.05) is 11.9 Å². The first-order valence-corrected chi connectivity index (χ1v) is 9.25. The Bertz CT molecular complexity index is 930. The Hall–Kier alpha value is -3.49. The van der Waals surface area contributed by atoms with Crippen LogP contribution < -0.4 is 10.6 Å². The Balaban J connectivity index is 1.70. The van der Waals surface area contributed by atoms with Gasteiger partial charge in [0.15, 0.2) is 5.82 Å². The third kappa shape index (κ3) is 4.34. The van der Waals surface area contributed by atoms with E-state index in [4.69, 9.17) is 4.52 Å². The number of carbonyl (C=O) groups is 4. The molecule has 3 rings (SSSR count). The van der Waals surface area contributed by atoms with Crippen molar-refractivity contribution < 1.29 is 23.7 Å². The Kier molecular flexibility index (Phi) is 5.76. The number of aryl methyl sites for hydroxylation is 1. The summed E-state index contributed by atoms with van der Waals surface area (Å²) in [4.78, 5) is 51.3. The molecule has 0 saturated carbocycles. The van der Waals surface area contributed by atoms with Gasteiger partial charge in [0.2, 0.25) is 11.8 Å². The molecule has 152 valence electrons. The third-order valence-electron chi connectivity index (χ3n) is 4.45. The first-order chi connectivity index (χ1) is 13.8. The number of nitrogens with zero attached hydrogens (tertiary/aromatic N) is 2. The Morgan fingerprint density at radius 1 is 1.14 bits per heavy atom. The van der Waals surface area contributed by atoms with Crippen LogP contribution in [-0.4, -0.2) is 46.3 Å². The third-order valence-corrected chi connectivity index (χ3v) is 4.45. The number of rotatable bonds is 7. The predicted octanol–water partition coefficient (Wildman–Crippen LogP) is 1.75. The van der Waals surface area contributed by atoms with Crippen LogP contribution in [-0.2, 0) is 9.59 Å². The molecule has 9 nitrogen and oxygen atoms in total. The predicted molar refractivity (Wildman–Crippen MR) is 103 cm³/mol. The highest BCUT2D eigenvalue weighted by molar-refractivity contribution is 6.22. The summed E-state index contributed by atoms with van der Waals surface area (Å²) in [5.74, 6) is -1.27. The molecule has 0 radical (unpaired) electrons. The van der Waals surface area contributed by atoms with E-state index < -0.39 is 29.7 Å². The minimum Gasteiger partial charge on any atom is -0.360 e. The number of nitrogens with one attached hydrogen (secondary N) is 2. The SMILES string of the molecule is Cc1cc(NC(=O)CNC(=O)C(CC(C)C)N2C(=O)c3ccccc3C2=O)no1. The standard InChI is InChI=1S/C20H22N4O5/c1-11(2)8-15(24-19(27)13-6-4-5-7-14(13)20(24)28)18(26)21-10-17(25)22-16-9-12(3)29-23-16/h4-7,9,11,15H,8,10H2,1-3H3,(H,21,26)(H,22,23,25). The van der Waals surface area contributed by atoms with Crippen molar-refractivity contribution in [2.45, 2.75) is 33.2 Å². The lowest BCUT2D eigenvalue weighted by Gasteiger charge is -2.26. The van der Waals surface area contributed by atoms with Crippen molar-refractivity contribution in [2.24, 2.45) is 5.92 Å². The van der Waals surface area contributed by atoms with Gasteiger partial charge in [-0.1, -0.05) is 31.1 Å². The Morgan fingerprint density at radius 3 is 2.28 bits per heavy atom. The zero-order chi connectivity index (χ0) is 21.1. The van der Waals surface area contributed by atoms with E-state index >= 15 is 0 Å². The van der Waals surface area contributed by atoms with E-state index in [0.717, 1.165) is 4.90 Å². The lowest BCUT2D eigenvalue weighted by atomic mass is 10.0. The highest BCUT2D eigenvalue weighted by atomic mass is 16.5. The fourth-order valence-corrected chi connectivity index (χ4v) is 3.16. The number of carbonyl (C=O) groups excluding carboxylic acids is 4. The zero-order valence-electron chi connectivity index (χ0n) is 16.4. The first-order valence-electron chi connectivity index (χ1n) is 9.25. The van der Waals surface area contributed by atoms with Crippen molar-refractivity contribution >= 4 is 29.4 Å². The van der Waals surface area contributed by atoms with E-state index in [1.165, 1.54) is 0 Å². The maximum absolute atomic E-state index is 12.8. The minimum atomic E-state index is -1.01. The quantitative estimate of drug-likeness (QED) is 0.685. The maximum atomic E-state index is 12.8. The molecule has 0 spiro atoms. The fourth-order valence-electron chi connectivity index (χ4n) is 3.16. The second kappa shape index (κ2) is 8.26. The lowest BCUT2D eigenvalue weighted by molar-refractivity contribution is -0.127. The van der Waals surface area contributed by atoms with Gasteiger partial charge in [-0.25, -0.2) is 0 Å². The summed E-state index contributed by atoms with van der Waals surface area (Å²) in [6, 6.07) is 6.99. The number of hydrogen-bond acceptors (Lipinski definition) is 6. The highest BCUT2D eigenvalue weighted by Gasteiger charge is 2.42. The monoisotopic (exact) mass is 398 g/mol. The summed E-state index contributed by atoms with van der Waals surface area (Å²) in [5.41, 5.74) is 0.552. The first kappa shape index (κ1) is 20.2. The maximum Gasteiger partial charge on any atom is 0.262 e. The Labute approximate surface area is 167 Å². The molecule has 4 amide bonds. The molecule has 1 aliphatic heterocycles. The van der Waals surface area contributed by atoms with Crippen LogP contribution in [0, 0.1) is 12.8 Å². The van der Waals surface area contributed by atoms with Crippen LogP contribution in [0.1, 0.15) is 46.7 Å². The van der Waals surface area contributed by atoms with Gasteiger partial charge >= 0.3 is 0 Å². The van der Waals surface area contributed by atoms with Gasteiger partial charge in [0.25, 0.3) is 11.8 Å². The summed E-state index contributed by atoms with van der Waals surface area (Å²) in [6.07, 6.45) is 0.279. The molecule has 2 aromatic rings. The number of hydrogen-bond donors (Lipinski definition) is 2. The number of benzene rings is 1. The summed E-state index contributed by atoms with van der Waals surface area (Å²) < 4.78 is 4.86. The van der Waals surface area contributed by atoms with Gasteiger partial charge in [-0.3, -0.25) is 24.1 Å². The molecular formula is C20H22N4O5. The van der Waals surface area contributed by atoms with E-state index in [1.807, 2.05) is 13.8 Å². The molecule has 1 aromatic carbocycles. The van der Waals surface area contributed by atoms with Crippen molar-refractivity contribution in [3.63, 3.8) is 0 Å². The molecular weight excluding hydrogens is 376 g/mol. The number of anilines is 1. The molecule has 2 heterocycles. The van der Waals surface area contributed by atoms with Crippen molar-refractivity contribution in [3.05, 3.63) is 47.2 Å². The molecule has 2 N–H and O–H groups in total. The van der Waals surface area contributed by atoms with Gasteiger partial charge in [-0.05, 0) is 31.4 Å². The molecule has 0 bridgehead atoms. The van der Waals surface area contributed by atoms with Gasteiger partial charge in [0.05, 0.1) is 17.7 Å². The van der Waals surface area contributed by atoms with Crippen LogP contribution in [0.2, 0.25) is 0 Å². The minimum absolute atomic E-state index is 0.0435. The van der Waals surface area contributed by atoms with Crippen LogP contribution >= 0.6 is 0 Å². The van der Waals surface area contributed by atoms with Gasteiger partial charge < -0.3 is 15.2 Å². The molecule has 0 aliphatic carbocycles. The normalized spacial score (nSPS) is 14.1. The molecule has 9 heteroatoms. The summed E-state index contributed by atoms with van der Waals surface area (Å²) in [6.45, 7) is 5.13. The zero-order valence-corrected chi connectivity index (χ0v) is 16.4.